The number of aliphatic carboxylic acids is 2. The molecule has 0 fully saturated rings. The first-order valence-electron chi connectivity index (χ1n) is 6.66. The summed E-state index contributed by atoms with van der Waals surface area (Å²) in [7, 11) is 0. The Morgan fingerprint density at radius 1 is 0.889 bits per heavy atom. The molecule has 0 rings (SSSR count). The fourth-order valence-corrected chi connectivity index (χ4v) is 2.45. The summed E-state index contributed by atoms with van der Waals surface area (Å²) in [6.07, 6.45) is 1.93. The van der Waals surface area contributed by atoms with Crippen LogP contribution in [0.2, 0.25) is 0 Å². The lowest BCUT2D eigenvalue weighted by molar-refractivity contribution is -0.144. The topological polar surface area (TPSA) is 74.6 Å². The monoisotopic (exact) mass is 258 g/mol. The van der Waals surface area contributed by atoms with Gasteiger partial charge in [0, 0.05) is 6.42 Å². The molecule has 0 radical (unpaired) electrons. The Morgan fingerprint density at radius 2 is 1.39 bits per heavy atom. The van der Waals surface area contributed by atoms with Crippen LogP contribution in [-0.4, -0.2) is 22.2 Å². The van der Waals surface area contributed by atoms with E-state index in [1.54, 1.807) is 0 Å². The van der Waals surface area contributed by atoms with Gasteiger partial charge in [-0.3, -0.25) is 9.59 Å². The zero-order chi connectivity index (χ0) is 14.3. The minimum atomic E-state index is -0.839. The normalized spacial score (nSPS) is 14.8. The maximum absolute atomic E-state index is 11.2. The van der Waals surface area contributed by atoms with Crippen LogP contribution < -0.4 is 0 Å². The van der Waals surface area contributed by atoms with E-state index in [0.717, 1.165) is 6.42 Å². The van der Waals surface area contributed by atoms with Crippen LogP contribution in [0.5, 0.6) is 0 Å². The predicted octanol–water partition coefficient (Wildman–Crippen LogP) is 3.26. The highest BCUT2D eigenvalue weighted by molar-refractivity contribution is 5.70. The molecular weight excluding hydrogens is 232 g/mol. The van der Waals surface area contributed by atoms with Crippen LogP contribution in [0.1, 0.15) is 53.4 Å². The van der Waals surface area contributed by atoms with Gasteiger partial charge in [0.2, 0.25) is 0 Å². The third kappa shape index (κ3) is 8.09. The molecule has 0 heterocycles. The summed E-state index contributed by atoms with van der Waals surface area (Å²) < 4.78 is 0. The van der Waals surface area contributed by atoms with Crippen LogP contribution in [0.3, 0.4) is 0 Å². The molecule has 0 bridgehead atoms. The fourth-order valence-electron chi connectivity index (χ4n) is 2.45. The van der Waals surface area contributed by atoms with Crippen LogP contribution >= 0.6 is 0 Å². The first-order chi connectivity index (χ1) is 8.22. The Morgan fingerprint density at radius 3 is 1.72 bits per heavy atom. The highest BCUT2D eigenvalue weighted by atomic mass is 16.4. The fraction of sp³-hybridized carbons (Fsp3) is 0.857. The molecule has 2 N–H and O–H groups in total. The Labute approximate surface area is 109 Å². The summed E-state index contributed by atoms with van der Waals surface area (Å²) in [4.78, 5) is 22.0. The molecule has 106 valence electrons. The van der Waals surface area contributed by atoms with E-state index in [1.165, 1.54) is 0 Å². The van der Waals surface area contributed by atoms with Gasteiger partial charge in [-0.25, -0.2) is 0 Å². The molecule has 0 saturated heterocycles. The molecule has 2 unspecified atom stereocenters. The molecule has 0 aromatic rings. The lowest BCUT2D eigenvalue weighted by Gasteiger charge is -2.22. The van der Waals surface area contributed by atoms with Crippen molar-refractivity contribution in [2.45, 2.75) is 53.4 Å². The molecule has 2 atom stereocenters. The van der Waals surface area contributed by atoms with Crippen LogP contribution in [0.4, 0.5) is 0 Å². The van der Waals surface area contributed by atoms with Crippen LogP contribution in [-0.2, 0) is 9.59 Å². The molecule has 4 nitrogen and oxygen atoms in total. The lowest BCUT2D eigenvalue weighted by Crippen LogP contribution is -2.22. The van der Waals surface area contributed by atoms with Gasteiger partial charge in [0.15, 0.2) is 0 Å². The molecule has 0 aliphatic carbocycles. The summed E-state index contributed by atoms with van der Waals surface area (Å²) >= 11 is 0. The van der Waals surface area contributed by atoms with E-state index in [4.69, 9.17) is 5.11 Å². The molecule has 0 spiro atoms. The highest BCUT2D eigenvalue weighted by Crippen LogP contribution is 2.27. The van der Waals surface area contributed by atoms with Crippen molar-refractivity contribution in [2.24, 2.45) is 23.7 Å². The summed E-state index contributed by atoms with van der Waals surface area (Å²) in [6.45, 7) is 8.05. The van der Waals surface area contributed by atoms with Gasteiger partial charge in [0.05, 0.1) is 5.92 Å². The number of carbonyl (C=O) groups is 2. The smallest absolute Gasteiger partial charge is 0.306 e. The van der Waals surface area contributed by atoms with Gasteiger partial charge in [0.25, 0.3) is 0 Å². The van der Waals surface area contributed by atoms with E-state index in [1.807, 2.05) is 27.7 Å². The lowest BCUT2D eigenvalue weighted by atomic mass is 9.83. The Kier molecular flexibility index (Phi) is 7.64. The van der Waals surface area contributed by atoms with Crippen molar-refractivity contribution in [3.8, 4) is 0 Å². The van der Waals surface area contributed by atoms with Crippen molar-refractivity contribution < 1.29 is 19.8 Å². The standard InChI is InChI=1S/C14H26O4/c1-9(2)5-11(8-13(15)16)7-12(14(17)18)6-10(3)4/h9-12H,5-8H2,1-4H3,(H,15,16)(H,17,18). The van der Waals surface area contributed by atoms with E-state index in [-0.39, 0.29) is 12.3 Å². The van der Waals surface area contributed by atoms with Crippen molar-refractivity contribution >= 4 is 11.9 Å². The molecule has 0 amide bonds. The quantitative estimate of drug-likeness (QED) is 0.665. The summed E-state index contributed by atoms with van der Waals surface area (Å²) in [6, 6.07) is 0. The molecule has 0 aliphatic heterocycles. The van der Waals surface area contributed by atoms with Crippen LogP contribution in [0.25, 0.3) is 0 Å². The zero-order valence-corrected chi connectivity index (χ0v) is 11.8. The second kappa shape index (κ2) is 8.11. The van der Waals surface area contributed by atoms with Gasteiger partial charge >= 0.3 is 11.9 Å². The molecule has 0 aliphatic rings. The van der Waals surface area contributed by atoms with E-state index < -0.39 is 17.9 Å². The SMILES string of the molecule is CC(C)CC(CC(=O)O)CC(CC(C)C)C(=O)O. The molecule has 18 heavy (non-hydrogen) atoms. The maximum Gasteiger partial charge on any atom is 0.306 e. The Bertz CT molecular complexity index is 271. The maximum atomic E-state index is 11.2. The molecule has 0 aromatic heterocycles. The third-order valence-electron chi connectivity index (χ3n) is 2.99. The highest BCUT2D eigenvalue weighted by Gasteiger charge is 2.25. The van der Waals surface area contributed by atoms with Gasteiger partial charge in [0.1, 0.15) is 0 Å². The Hall–Kier alpha value is -1.06. The summed E-state index contributed by atoms with van der Waals surface area (Å²) in [5.74, 6) is -1.40. The largest absolute Gasteiger partial charge is 0.481 e. The third-order valence-corrected chi connectivity index (χ3v) is 2.99. The van der Waals surface area contributed by atoms with E-state index in [0.29, 0.717) is 24.7 Å². The second-order valence-corrected chi connectivity index (χ2v) is 5.99. The number of hydrogen-bond acceptors (Lipinski definition) is 2. The van der Waals surface area contributed by atoms with Crippen LogP contribution in [0.15, 0.2) is 0 Å². The van der Waals surface area contributed by atoms with Crippen molar-refractivity contribution in [2.75, 3.05) is 0 Å². The molecule has 0 saturated carbocycles. The number of rotatable bonds is 9. The van der Waals surface area contributed by atoms with Gasteiger partial charge in [-0.1, -0.05) is 27.7 Å². The van der Waals surface area contributed by atoms with Gasteiger partial charge < -0.3 is 10.2 Å². The average molecular weight is 258 g/mol. The van der Waals surface area contributed by atoms with E-state index in [2.05, 4.69) is 0 Å². The van der Waals surface area contributed by atoms with E-state index >= 15 is 0 Å². The van der Waals surface area contributed by atoms with Crippen molar-refractivity contribution in [1.29, 1.82) is 0 Å². The van der Waals surface area contributed by atoms with Crippen molar-refractivity contribution in [3.05, 3.63) is 0 Å². The molecular formula is C14H26O4. The minimum absolute atomic E-state index is 0.0395. The first-order valence-corrected chi connectivity index (χ1v) is 6.66. The first kappa shape index (κ1) is 16.9. The number of hydrogen-bond donors (Lipinski definition) is 2. The second-order valence-electron chi connectivity index (χ2n) is 5.99. The van der Waals surface area contributed by atoms with E-state index in [9.17, 15) is 14.7 Å². The molecule has 4 heteroatoms. The summed E-state index contributed by atoms with van der Waals surface area (Å²) in [5.41, 5.74) is 0. The van der Waals surface area contributed by atoms with Gasteiger partial charge in [-0.2, -0.15) is 0 Å². The van der Waals surface area contributed by atoms with Gasteiger partial charge in [-0.05, 0) is 37.0 Å². The van der Waals surface area contributed by atoms with Crippen molar-refractivity contribution in [3.63, 3.8) is 0 Å². The average Bonchev–Trinajstić information content (AvgIpc) is 2.13. The van der Waals surface area contributed by atoms with Gasteiger partial charge in [-0.15, -0.1) is 0 Å². The molecule has 0 aromatic carbocycles. The minimum Gasteiger partial charge on any atom is -0.481 e. The van der Waals surface area contributed by atoms with Crippen molar-refractivity contribution in [1.82, 2.24) is 0 Å². The Balaban J connectivity index is 4.57. The number of carboxylic acids is 2. The predicted molar refractivity (Wildman–Crippen MR) is 70.4 cm³/mol. The summed E-state index contributed by atoms with van der Waals surface area (Å²) in [5, 5.41) is 18.1. The number of carboxylic acid groups (broad SMARTS) is 2. The van der Waals surface area contributed by atoms with Crippen LogP contribution in [0, 0.1) is 23.7 Å². The zero-order valence-electron chi connectivity index (χ0n) is 11.8.